The van der Waals surface area contributed by atoms with E-state index in [-0.39, 0.29) is 19.0 Å². The maximum atomic E-state index is 13.0. The van der Waals surface area contributed by atoms with E-state index in [9.17, 15) is 22.0 Å². The number of carbonyl (C=O) groups excluding carboxylic acids is 1. The van der Waals surface area contributed by atoms with E-state index >= 15 is 0 Å². The number of anilines is 1. The first-order chi connectivity index (χ1) is 14.7. The predicted octanol–water partition coefficient (Wildman–Crippen LogP) is -0.0221. The molecular weight excluding hydrogens is 434 g/mol. The maximum Gasteiger partial charge on any atom is 0.282 e. The fraction of sp³-hybridized carbons (Fsp3) is 0.353. The Morgan fingerprint density at radius 1 is 1.29 bits per heavy atom. The molecule has 3 aromatic heterocycles. The van der Waals surface area contributed by atoms with Crippen LogP contribution in [0.5, 0.6) is 0 Å². The number of rotatable bonds is 6. The lowest BCUT2D eigenvalue weighted by atomic mass is 10.2. The van der Waals surface area contributed by atoms with Gasteiger partial charge in [-0.2, -0.15) is 5.10 Å². The molecule has 164 valence electrons. The molecule has 4 rings (SSSR count). The lowest BCUT2D eigenvalue weighted by molar-refractivity contribution is -0.121. The van der Waals surface area contributed by atoms with Gasteiger partial charge in [0.2, 0.25) is 15.9 Å². The summed E-state index contributed by atoms with van der Waals surface area (Å²) in [5.41, 5.74) is 0.755. The number of nitrogens with zero attached hydrogens (tertiary/aromatic N) is 6. The SMILES string of the molecule is CS(=O)(=O)NCC1CN(c2cc(-c3cnc4ccc(C(F)F)nn34)ncn2)CC(=O)N1. The van der Waals surface area contributed by atoms with Crippen molar-refractivity contribution in [2.45, 2.75) is 12.5 Å². The van der Waals surface area contributed by atoms with Gasteiger partial charge in [-0.1, -0.05) is 0 Å². The molecule has 0 aliphatic carbocycles. The van der Waals surface area contributed by atoms with E-state index < -0.39 is 28.2 Å². The molecule has 14 heteroatoms. The summed E-state index contributed by atoms with van der Waals surface area (Å²) in [5, 5.41) is 6.65. The largest absolute Gasteiger partial charge is 0.349 e. The van der Waals surface area contributed by atoms with E-state index in [1.54, 1.807) is 11.0 Å². The van der Waals surface area contributed by atoms with E-state index in [0.29, 0.717) is 29.4 Å². The van der Waals surface area contributed by atoms with Crippen LogP contribution in [0.2, 0.25) is 0 Å². The van der Waals surface area contributed by atoms with Crippen LogP contribution in [0.4, 0.5) is 14.6 Å². The second-order valence-corrected chi connectivity index (χ2v) is 8.83. The van der Waals surface area contributed by atoms with Crippen molar-refractivity contribution in [2.75, 3.05) is 30.8 Å². The Hall–Kier alpha value is -3.26. The second-order valence-electron chi connectivity index (χ2n) is 7.00. The van der Waals surface area contributed by atoms with Crippen molar-refractivity contribution < 1.29 is 22.0 Å². The van der Waals surface area contributed by atoms with E-state index in [4.69, 9.17) is 0 Å². The standard InChI is InChI=1S/C17H18F2N8O3S/c1-31(29,30)23-5-10-7-26(8-16(28)24-10)15-4-12(21-9-22-15)13-6-20-14-3-2-11(17(18)19)25-27(13)14/h2-4,6,9-10,17,23H,5,7-8H2,1H3,(H,24,28). The van der Waals surface area contributed by atoms with Gasteiger partial charge in [-0.3, -0.25) is 4.79 Å². The summed E-state index contributed by atoms with van der Waals surface area (Å²) in [6.45, 7) is 0.366. The minimum Gasteiger partial charge on any atom is -0.349 e. The number of carbonyl (C=O) groups is 1. The molecular formula is C17H18F2N8O3S. The quantitative estimate of drug-likeness (QED) is 0.533. The molecule has 1 unspecified atom stereocenters. The molecule has 1 aliphatic rings. The van der Waals surface area contributed by atoms with Crippen LogP contribution >= 0.6 is 0 Å². The molecule has 1 fully saturated rings. The van der Waals surface area contributed by atoms with Crippen LogP contribution in [-0.2, 0) is 14.8 Å². The smallest absolute Gasteiger partial charge is 0.282 e. The number of fused-ring (bicyclic) bond motifs is 1. The molecule has 1 aliphatic heterocycles. The number of alkyl halides is 2. The summed E-state index contributed by atoms with van der Waals surface area (Å²) in [7, 11) is -3.41. The first-order valence-electron chi connectivity index (χ1n) is 9.14. The van der Waals surface area contributed by atoms with Crippen LogP contribution in [0, 0.1) is 0 Å². The van der Waals surface area contributed by atoms with Crippen molar-refractivity contribution in [3.63, 3.8) is 0 Å². The van der Waals surface area contributed by atoms with E-state index in [0.717, 1.165) is 6.26 Å². The van der Waals surface area contributed by atoms with Gasteiger partial charge in [-0.05, 0) is 12.1 Å². The highest BCUT2D eigenvalue weighted by molar-refractivity contribution is 7.88. The number of halogens is 2. The number of hydrogen-bond donors (Lipinski definition) is 2. The van der Waals surface area contributed by atoms with E-state index in [2.05, 4.69) is 30.1 Å². The average molecular weight is 452 g/mol. The first-order valence-corrected chi connectivity index (χ1v) is 11.0. The summed E-state index contributed by atoms with van der Waals surface area (Å²) >= 11 is 0. The van der Waals surface area contributed by atoms with Gasteiger partial charge in [-0.25, -0.2) is 41.4 Å². The first kappa shape index (κ1) is 21.0. The van der Waals surface area contributed by atoms with Gasteiger partial charge in [0.05, 0.1) is 30.7 Å². The highest BCUT2D eigenvalue weighted by Gasteiger charge is 2.26. The molecule has 1 amide bonds. The van der Waals surface area contributed by atoms with Crippen LogP contribution in [0.3, 0.4) is 0 Å². The van der Waals surface area contributed by atoms with Gasteiger partial charge in [-0.15, -0.1) is 0 Å². The topological polar surface area (TPSA) is 134 Å². The summed E-state index contributed by atoms with van der Waals surface area (Å²) in [5.74, 6) is 0.133. The molecule has 0 saturated carbocycles. The Labute approximate surface area is 175 Å². The molecule has 3 aromatic rings. The summed E-state index contributed by atoms with van der Waals surface area (Å²) in [4.78, 5) is 26.3. The Morgan fingerprint density at radius 3 is 2.84 bits per heavy atom. The second kappa shape index (κ2) is 8.11. The molecule has 0 spiro atoms. The molecule has 2 N–H and O–H groups in total. The lowest BCUT2D eigenvalue weighted by Gasteiger charge is -2.33. The Bertz CT molecular complexity index is 1230. The zero-order valence-electron chi connectivity index (χ0n) is 16.2. The Kier molecular flexibility index (Phi) is 5.49. The number of nitrogens with one attached hydrogen (secondary N) is 2. The van der Waals surface area contributed by atoms with E-state index in [1.807, 2.05) is 0 Å². The fourth-order valence-electron chi connectivity index (χ4n) is 3.20. The monoisotopic (exact) mass is 452 g/mol. The van der Waals surface area contributed by atoms with Gasteiger partial charge in [0.25, 0.3) is 6.43 Å². The van der Waals surface area contributed by atoms with Crippen molar-refractivity contribution in [2.24, 2.45) is 0 Å². The summed E-state index contributed by atoms with van der Waals surface area (Å²) in [6, 6.07) is 3.79. The van der Waals surface area contributed by atoms with Crippen LogP contribution < -0.4 is 14.9 Å². The van der Waals surface area contributed by atoms with Crippen molar-refractivity contribution in [1.29, 1.82) is 0 Å². The lowest BCUT2D eigenvalue weighted by Crippen LogP contribution is -2.58. The van der Waals surface area contributed by atoms with Crippen LogP contribution in [0.1, 0.15) is 12.1 Å². The van der Waals surface area contributed by atoms with Crippen LogP contribution in [0.25, 0.3) is 17.0 Å². The molecule has 1 saturated heterocycles. The van der Waals surface area contributed by atoms with Crippen LogP contribution in [0.15, 0.2) is 30.7 Å². The minimum atomic E-state index is -3.41. The van der Waals surface area contributed by atoms with E-state index in [1.165, 1.54) is 29.2 Å². The molecule has 0 radical (unpaired) electrons. The molecule has 4 heterocycles. The molecule has 11 nitrogen and oxygen atoms in total. The zero-order valence-corrected chi connectivity index (χ0v) is 17.1. The van der Waals surface area contributed by atoms with Gasteiger partial charge in [0, 0.05) is 19.2 Å². The normalized spacial score (nSPS) is 17.4. The van der Waals surface area contributed by atoms with Crippen LogP contribution in [-0.4, -0.2) is 70.8 Å². The number of amides is 1. The van der Waals surface area contributed by atoms with Crippen molar-refractivity contribution in [3.05, 3.63) is 36.4 Å². The van der Waals surface area contributed by atoms with Gasteiger partial charge < -0.3 is 10.2 Å². The third kappa shape index (κ3) is 4.74. The number of piperazine rings is 1. The molecule has 0 aromatic carbocycles. The third-order valence-corrected chi connectivity index (χ3v) is 5.27. The van der Waals surface area contributed by atoms with Gasteiger partial charge in [0.1, 0.15) is 23.5 Å². The number of imidazole rings is 1. The highest BCUT2D eigenvalue weighted by atomic mass is 32.2. The number of hydrogen-bond acceptors (Lipinski definition) is 8. The molecule has 31 heavy (non-hydrogen) atoms. The Balaban J connectivity index is 1.62. The molecule has 0 bridgehead atoms. The van der Waals surface area contributed by atoms with Gasteiger partial charge >= 0.3 is 0 Å². The molecule has 1 atom stereocenters. The summed E-state index contributed by atoms with van der Waals surface area (Å²) < 4.78 is 52.4. The average Bonchev–Trinajstić information content (AvgIpc) is 3.15. The zero-order chi connectivity index (χ0) is 22.2. The van der Waals surface area contributed by atoms with Gasteiger partial charge in [0.15, 0.2) is 5.65 Å². The Morgan fingerprint density at radius 2 is 2.10 bits per heavy atom. The summed E-state index contributed by atoms with van der Waals surface area (Å²) in [6.07, 6.45) is 1.06. The number of aromatic nitrogens is 5. The number of sulfonamides is 1. The maximum absolute atomic E-state index is 13.0. The predicted molar refractivity (Wildman–Crippen MR) is 106 cm³/mol. The van der Waals surface area contributed by atoms with Crippen molar-refractivity contribution in [3.8, 4) is 11.4 Å². The highest BCUT2D eigenvalue weighted by Crippen LogP contribution is 2.24. The third-order valence-electron chi connectivity index (χ3n) is 4.58. The minimum absolute atomic E-state index is 0.0206. The fourth-order valence-corrected chi connectivity index (χ4v) is 3.71. The van der Waals surface area contributed by atoms with Crippen molar-refractivity contribution in [1.82, 2.24) is 34.6 Å². The van der Waals surface area contributed by atoms with Crippen molar-refractivity contribution >= 4 is 27.4 Å².